The molecule has 1 heterocycles. The first-order valence-corrected chi connectivity index (χ1v) is 7.61. The molecule has 0 amide bonds. The van der Waals surface area contributed by atoms with Crippen LogP contribution in [0.15, 0.2) is 29.2 Å². The monoisotopic (exact) mass is 267 g/mol. The Balaban J connectivity index is 1.84. The quantitative estimate of drug-likeness (QED) is 0.730. The molecule has 98 valence electrons. The molecule has 18 heavy (non-hydrogen) atoms. The Morgan fingerprint density at radius 2 is 1.89 bits per heavy atom. The van der Waals surface area contributed by atoms with Crippen LogP contribution >= 0.6 is 0 Å². The Bertz CT molecular complexity index is 548. The van der Waals surface area contributed by atoms with Gasteiger partial charge in [-0.05, 0) is 31.0 Å². The summed E-state index contributed by atoms with van der Waals surface area (Å²) in [6.45, 7) is 2.06. The van der Waals surface area contributed by atoms with Crippen molar-refractivity contribution in [2.45, 2.75) is 10.9 Å². The first-order valence-electron chi connectivity index (χ1n) is 6.13. The molecule has 2 aliphatic rings. The molecule has 5 nitrogen and oxygen atoms in total. The molecule has 1 aromatic carbocycles. The summed E-state index contributed by atoms with van der Waals surface area (Å²) in [5, 5.41) is 6.69. The van der Waals surface area contributed by atoms with Crippen molar-refractivity contribution in [3.8, 4) is 0 Å². The predicted octanol–water partition coefficient (Wildman–Crippen LogP) is 0.224. The number of para-hydroxylation sites is 1. The third-order valence-corrected chi connectivity index (χ3v) is 5.33. The number of fused-ring (bicyclic) bond motifs is 1. The van der Waals surface area contributed by atoms with Gasteiger partial charge in [-0.2, -0.15) is 0 Å². The summed E-state index contributed by atoms with van der Waals surface area (Å²) in [5.74, 6) is 1.30. The van der Waals surface area contributed by atoms with Gasteiger partial charge in [0.1, 0.15) is 4.90 Å². The van der Waals surface area contributed by atoms with Crippen LogP contribution in [-0.2, 0) is 10.0 Å². The fourth-order valence-corrected chi connectivity index (χ4v) is 3.64. The largest absolute Gasteiger partial charge is 0.381 e. The maximum Gasteiger partial charge on any atom is 0.242 e. The van der Waals surface area contributed by atoms with E-state index in [0.29, 0.717) is 28.5 Å². The minimum atomic E-state index is -3.40. The zero-order valence-electron chi connectivity index (χ0n) is 10.2. The van der Waals surface area contributed by atoms with Crippen molar-refractivity contribution in [1.82, 2.24) is 10.0 Å². The second-order valence-electron chi connectivity index (χ2n) is 4.86. The first kappa shape index (κ1) is 12.0. The van der Waals surface area contributed by atoms with Gasteiger partial charge in [0.2, 0.25) is 10.0 Å². The molecule has 0 radical (unpaired) electrons. The van der Waals surface area contributed by atoms with Crippen molar-refractivity contribution >= 4 is 15.7 Å². The van der Waals surface area contributed by atoms with Gasteiger partial charge in [-0.3, -0.25) is 0 Å². The van der Waals surface area contributed by atoms with Gasteiger partial charge in [0.25, 0.3) is 0 Å². The fraction of sp³-hybridized carbons (Fsp3) is 0.500. The van der Waals surface area contributed by atoms with Crippen molar-refractivity contribution in [2.75, 3.05) is 25.5 Å². The Labute approximate surface area is 107 Å². The summed E-state index contributed by atoms with van der Waals surface area (Å²) in [6.07, 6.45) is 0. The first-order chi connectivity index (χ1) is 8.63. The Kier molecular flexibility index (Phi) is 2.80. The Morgan fingerprint density at radius 3 is 2.56 bits per heavy atom. The van der Waals surface area contributed by atoms with Crippen LogP contribution in [0.2, 0.25) is 0 Å². The average Bonchev–Trinajstić information content (AvgIpc) is 2.82. The van der Waals surface area contributed by atoms with Gasteiger partial charge in [0.05, 0.1) is 5.69 Å². The van der Waals surface area contributed by atoms with Gasteiger partial charge < -0.3 is 10.6 Å². The average molecular weight is 267 g/mol. The van der Waals surface area contributed by atoms with E-state index in [2.05, 4.69) is 15.4 Å². The summed E-state index contributed by atoms with van der Waals surface area (Å²) in [4.78, 5) is 0.324. The van der Waals surface area contributed by atoms with Crippen molar-refractivity contribution in [1.29, 1.82) is 0 Å². The number of hydrogen-bond donors (Lipinski definition) is 3. The molecule has 1 aromatic rings. The highest BCUT2D eigenvalue weighted by atomic mass is 32.2. The summed E-state index contributed by atoms with van der Waals surface area (Å²) in [5.41, 5.74) is 0.700. The molecule has 2 unspecified atom stereocenters. The van der Waals surface area contributed by atoms with Crippen LogP contribution in [0.1, 0.15) is 0 Å². The number of anilines is 1. The van der Waals surface area contributed by atoms with E-state index in [-0.39, 0.29) is 0 Å². The molecular formula is C12H17N3O2S. The standard InChI is InChI=1S/C12H17N3O2S/c1-13-18(16,17)11-5-3-2-4-10(11)15-12-8-6-14-7-9(8)12/h2-5,8-9,12-15H,6-7H2,1H3. The van der Waals surface area contributed by atoms with Crippen LogP contribution in [-0.4, -0.2) is 34.6 Å². The van der Waals surface area contributed by atoms with Crippen LogP contribution in [0.3, 0.4) is 0 Å². The smallest absolute Gasteiger partial charge is 0.242 e. The van der Waals surface area contributed by atoms with Crippen LogP contribution in [0.25, 0.3) is 0 Å². The molecule has 6 heteroatoms. The fourth-order valence-electron chi connectivity index (χ4n) is 2.74. The lowest BCUT2D eigenvalue weighted by molar-refractivity contribution is 0.588. The lowest BCUT2D eigenvalue weighted by Crippen LogP contribution is -2.24. The predicted molar refractivity (Wildman–Crippen MR) is 69.9 cm³/mol. The molecule has 0 spiro atoms. The summed E-state index contributed by atoms with van der Waals surface area (Å²) in [6, 6.07) is 7.47. The van der Waals surface area contributed by atoms with E-state index in [1.807, 2.05) is 12.1 Å². The van der Waals surface area contributed by atoms with E-state index in [9.17, 15) is 8.42 Å². The molecule has 1 saturated heterocycles. The second-order valence-corrected chi connectivity index (χ2v) is 6.71. The molecule has 1 aliphatic carbocycles. The number of rotatable bonds is 4. The van der Waals surface area contributed by atoms with Gasteiger partial charge in [-0.1, -0.05) is 12.1 Å². The number of benzene rings is 1. The zero-order valence-corrected chi connectivity index (χ0v) is 11.0. The van der Waals surface area contributed by atoms with Gasteiger partial charge in [0, 0.05) is 19.1 Å². The molecule has 0 aromatic heterocycles. The SMILES string of the molecule is CNS(=O)(=O)c1ccccc1NC1C2CNCC21. The number of hydrogen-bond acceptors (Lipinski definition) is 4. The second kappa shape index (κ2) is 4.22. The topological polar surface area (TPSA) is 70.2 Å². The molecule has 3 rings (SSSR count). The maximum absolute atomic E-state index is 11.9. The highest BCUT2D eigenvalue weighted by Gasteiger charge is 2.53. The number of nitrogens with one attached hydrogen (secondary N) is 3. The molecule has 1 aliphatic heterocycles. The van der Waals surface area contributed by atoms with Crippen molar-refractivity contribution in [3.63, 3.8) is 0 Å². The van der Waals surface area contributed by atoms with Crippen LogP contribution in [0.4, 0.5) is 5.69 Å². The van der Waals surface area contributed by atoms with Gasteiger partial charge in [0.15, 0.2) is 0 Å². The Morgan fingerprint density at radius 1 is 1.22 bits per heavy atom. The van der Waals surface area contributed by atoms with Crippen LogP contribution in [0, 0.1) is 11.8 Å². The number of sulfonamides is 1. The molecule has 2 atom stereocenters. The Hall–Kier alpha value is -1.11. The molecule has 3 N–H and O–H groups in total. The van der Waals surface area contributed by atoms with E-state index in [0.717, 1.165) is 13.1 Å². The van der Waals surface area contributed by atoms with E-state index < -0.39 is 10.0 Å². The minimum Gasteiger partial charge on any atom is -0.381 e. The van der Waals surface area contributed by atoms with Gasteiger partial charge in [-0.25, -0.2) is 13.1 Å². The van der Waals surface area contributed by atoms with Gasteiger partial charge in [-0.15, -0.1) is 0 Å². The highest BCUT2D eigenvalue weighted by molar-refractivity contribution is 7.89. The lowest BCUT2D eigenvalue weighted by atomic mass is 10.3. The minimum absolute atomic E-state index is 0.324. The third-order valence-electron chi connectivity index (χ3n) is 3.86. The van der Waals surface area contributed by atoms with Crippen LogP contribution in [0.5, 0.6) is 0 Å². The molecule has 0 bridgehead atoms. The lowest BCUT2D eigenvalue weighted by Gasteiger charge is -2.13. The molecule has 1 saturated carbocycles. The van der Waals surface area contributed by atoms with Crippen LogP contribution < -0.4 is 15.4 Å². The summed E-state index contributed by atoms with van der Waals surface area (Å²) in [7, 11) is -1.97. The number of piperidine rings is 1. The molecule has 2 fully saturated rings. The van der Waals surface area contributed by atoms with Crippen molar-refractivity contribution in [3.05, 3.63) is 24.3 Å². The van der Waals surface area contributed by atoms with E-state index in [4.69, 9.17) is 0 Å². The molecular weight excluding hydrogens is 250 g/mol. The van der Waals surface area contributed by atoms with E-state index >= 15 is 0 Å². The highest BCUT2D eigenvalue weighted by Crippen LogP contribution is 2.44. The van der Waals surface area contributed by atoms with Crippen molar-refractivity contribution in [2.24, 2.45) is 11.8 Å². The third kappa shape index (κ3) is 1.90. The van der Waals surface area contributed by atoms with Crippen molar-refractivity contribution < 1.29 is 8.42 Å². The summed E-state index contributed by atoms with van der Waals surface area (Å²) >= 11 is 0. The van der Waals surface area contributed by atoms with E-state index in [1.165, 1.54) is 7.05 Å². The normalized spacial score (nSPS) is 29.9. The zero-order chi connectivity index (χ0) is 12.8. The summed E-state index contributed by atoms with van der Waals surface area (Å²) < 4.78 is 26.2. The maximum atomic E-state index is 11.9. The van der Waals surface area contributed by atoms with E-state index in [1.54, 1.807) is 12.1 Å². The van der Waals surface area contributed by atoms with Gasteiger partial charge >= 0.3 is 0 Å².